The van der Waals surface area contributed by atoms with Crippen molar-refractivity contribution >= 4 is 17.2 Å². The van der Waals surface area contributed by atoms with Gasteiger partial charge in [-0.15, -0.1) is 0 Å². The fraction of sp³-hybridized carbons (Fsp3) is 0.0909. The Labute approximate surface area is 161 Å². The van der Waals surface area contributed by atoms with Crippen LogP contribution in [0, 0.1) is 0 Å². The summed E-state index contributed by atoms with van der Waals surface area (Å²) in [6.07, 6.45) is 3.29. The van der Waals surface area contributed by atoms with Crippen LogP contribution in [0.3, 0.4) is 0 Å². The predicted molar refractivity (Wildman–Crippen MR) is 104 cm³/mol. The number of nitrogens with zero attached hydrogens (tertiary/aromatic N) is 1. The summed E-state index contributed by atoms with van der Waals surface area (Å²) in [7, 11) is 1.60. The van der Waals surface area contributed by atoms with Gasteiger partial charge in [0.2, 0.25) is 0 Å². The van der Waals surface area contributed by atoms with Gasteiger partial charge in [-0.2, -0.15) is 0 Å². The molecule has 0 aliphatic heterocycles. The molecule has 3 heterocycles. The van der Waals surface area contributed by atoms with Crippen molar-refractivity contribution in [2.75, 3.05) is 7.11 Å². The minimum atomic E-state index is -0.685. The van der Waals surface area contributed by atoms with Gasteiger partial charge in [-0.25, -0.2) is 0 Å². The number of hydrogen-bond acceptors (Lipinski definition) is 4. The molecule has 0 saturated carbocycles. The Morgan fingerprint density at radius 1 is 1.07 bits per heavy atom. The largest absolute Gasteiger partial charge is 0.497 e. The van der Waals surface area contributed by atoms with Crippen molar-refractivity contribution in [3.8, 4) is 16.9 Å². The molecule has 0 radical (unpaired) electrons. The van der Waals surface area contributed by atoms with Crippen LogP contribution >= 0.6 is 0 Å². The standard InChI is InChI=1S/C22H18N2O4/c1-27-17-9-7-15(8-10-17)19-13-16-5-2-3-11-24(16)20(19)21(25)22(26)23-14-18-6-4-12-28-18/h2-13H,14H2,1H3,(H,23,26). The van der Waals surface area contributed by atoms with E-state index in [1.54, 1.807) is 29.8 Å². The number of amides is 1. The molecule has 0 spiro atoms. The molecule has 0 unspecified atom stereocenters. The van der Waals surface area contributed by atoms with Crippen LogP contribution in [0.25, 0.3) is 16.6 Å². The molecule has 4 rings (SSSR count). The average Bonchev–Trinajstić information content (AvgIpc) is 3.39. The molecule has 6 nitrogen and oxygen atoms in total. The molecule has 0 atom stereocenters. The summed E-state index contributed by atoms with van der Waals surface area (Å²) in [4.78, 5) is 25.5. The van der Waals surface area contributed by atoms with E-state index in [9.17, 15) is 9.59 Å². The van der Waals surface area contributed by atoms with Crippen LogP contribution in [0.2, 0.25) is 0 Å². The first-order valence-electron chi connectivity index (χ1n) is 8.77. The number of methoxy groups -OCH3 is 1. The van der Waals surface area contributed by atoms with Gasteiger partial charge in [0, 0.05) is 17.3 Å². The maximum atomic E-state index is 13.0. The highest BCUT2D eigenvalue weighted by Crippen LogP contribution is 2.29. The number of benzene rings is 1. The van der Waals surface area contributed by atoms with Gasteiger partial charge >= 0.3 is 0 Å². The van der Waals surface area contributed by atoms with Crippen molar-refractivity contribution in [3.63, 3.8) is 0 Å². The molecule has 3 aromatic heterocycles. The van der Waals surface area contributed by atoms with Gasteiger partial charge in [0.05, 0.1) is 19.9 Å². The number of aromatic nitrogens is 1. The third-order valence-electron chi connectivity index (χ3n) is 4.51. The number of furan rings is 1. The van der Waals surface area contributed by atoms with Crippen LogP contribution in [-0.4, -0.2) is 23.2 Å². The molecule has 28 heavy (non-hydrogen) atoms. The Bertz CT molecular complexity index is 1130. The first-order valence-corrected chi connectivity index (χ1v) is 8.77. The fourth-order valence-electron chi connectivity index (χ4n) is 3.11. The Kier molecular flexibility index (Phi) is 4.68. The molecule has 4 aromatic rings. The third-order valence-corrected chi connectivity index (χ3v) is 4.51. The molecule has 1 amide bonds. The molecule has 140 valence electrons. The van der Waals surface area contributed by atoms with Gasteiger partial charge in [-0.3, -0.25) is 9.59 Å². The van der Waals surface area contributed by atoms with Crippen LogP contribution < -0.4 is 10.1 Å². The second-order valence-corrected chi connectivity index (χ2v) is 6.22. The zero-order valence-corrected chi connectivity index (χ0v) is 15.2. The Morgan fingerprint density at radius 2 is 1.89 bits per heavy atom. The molecule has 1 N–H and O–H groups in total. The Morgan fingerprint density at radius 3 is 2.61 bits per heavy atom. The second-order valence-electron chi connectivity index (χ2n) is 6.22. The van der Waals surface area contributed by atoms with Crippen molar-refractivity contribution in [2.45, 2.75) is 6.54 Å². The first kappa shape index (κ1) is 17.6. The minimum absolute atomic E-state index is 0.152. The number of carbonyl (C=O) groups is 2. The van der Waals surface area contributed by atoms with E-state index >= 15 is 0 Å². The lowest BCUT2D eigenvalue weighted by Crippen LogP contribution is -2.31. The monoisotopic (exact) mass is 374 g/mol. The quantitative estimate of drug-likeness (QED) is 0.412. The maximum Gasteiger partial charge on any atom is 0.294 e. The Hall–Kier alpha value is -3.80. The molecular weight excluding hydrogens is 356 g/mol. The number of ether oxygens (including phenoxy) is 1. The van der Waals surface area contributed by atoms with Crippen LogP contribution in [-0.2, 0) is 11.3 Å². The van der Waals surface area contributed by atoms with Crippen molar-refractivity contribution in [1.29, 1.82) is 0 Å². The summed E-state index contributed by atoms with van der Waals surface area (Å²) in [5, 5.41) is 2.62. The molecule has 0 saturated heterocycles. The zero-order chi connectivity index (χ0) is 19.5. The smallest absolute Gasteiger partial charge is 0.294 e. The van der Waals surface area contributed by atoms with Gasteiger partial charge in [-0.1, -0.05) is 18.2 Å². The lowest BCUT2D eigenvalue weighted by atomic mass is 10.0. The lowest BCUT2D eigenvalue weighted by Gasteiger charge is -2.07. The topological polar surface area (TPSA) is 73.0 Å². The van der Waals surface area contributed by atoms with Gasteiger partial charge in [-0.05, 0) is 48.0 Å². The van der Waals surface area contributed by atoms with Crippen LogP contribution in [0.1, 0.15) is 16.2 Å². The number of Topliss-reactive ketones (excluding diaryl/α,β-unsaturated/α-hetero) is 1. The highest BCUT2D eigenvalue weighted by atomic mass is 16.5. The SMILES string of the molecule is COc1ccc(-c2cc3ccccn3c2C(=O)C(=O)NCc2ccco2)cc1. The highest BCUT2D eigenvalue weighted by molar-refractivity contribution is 6.43. The van der Waals surface area contributed by atoms with E-state index in [4.69, 9.17) is 9.15 Å². The van der Waals surface area contributed by atoms with E-state index in [-0.39, 0.29) is 6.54 Å². The molecule has 0 aliphatic rings. The molecule has 0 fully saturated rings. The first-order chi connectivity index (χ1) is 13.7. The summed E-state index contributed by atoms with van der Waals surface area (Å²) in [5.74, 6) is 0.00622. The zero-order valence-electron chi connectivity index (χ0n) is 15.2. The highest BCUT2D eigenvalue weighted by Gasteiger charge is 2.24. The molecule has 1 aromatic carbocycles. The summed E-state index contributed by atoms with van der Waals surface area (Å²) < 4.78 is 12.1. The number of carbonyl (C=O) groups excluding carboxylic acids is 2. The van der Waals surface area contributed by atoms with Gasteiger partial charge in [0.25, 0.3) is 11.7 Å². The van der Waals surface area contributed by atoms with Crippen molar-refractivity contribution in [2.24, 2.45) is 0 Å². The van der Waals surface area contributed by atoms with E-state index in [1.807, 2.05) is 48.5 Å². The molecule has 6 heteroatoms. The number of ketones is 1. The van der Waals surface area contributed by atoms with E-state index in [0.717, 1.165) is 16.8 Å². The predicted octanol–water partition coefficient (Wildman–Crippen LogP) is 3.71. The van der Waals surface area contributed by atoms with Crippen LogP contribution in [0.5, 0.6) is 5.75 Å². The minimum Gasteiger partial charge on any atom is -0.497 e. The molecule has 0 aliphatic carbocycles. The number of rotatable bonds is 6. The van der Waals surface area contributed by atoms with E-state index in [0.29, 0.717) is 17.0 Å². The number of nitrogens with one attached hydrogen (secondary N) is 1. The number of fused-ring (bicyclic) bond motifs is 1. The summed E-state index contributed by atoms with van der Waals surface area (Å²) >= 11 is 0. The van der Waals surface area contributed by atoms with Crippen molar-refractivity contribution < 1.29 is 18.7 Å². The molecule has 0 bridgehead atoms. The van der Waals surface area contributed by atoms with Crippen molar-refractivity contribution in [1.82, 2.24) is 9.72 Å². The van der Waals surface area contributed by atoms with Crippen LogP contribution in [0.4, 0.5) is 0 Å². The van der Waals surface area contributed by atoms with E-state index < -0.39 is 11.7 Å². The van der Waals surface area contributed by atoms with Gasteiger partial charge < -0.3 is 18.9 Å². The van der Waals surface area contributed by atoms with Crippen molar-refractivity contribution in [3.05, 3.63) is 84.6 Å². The maximum absolute atomic E-state index is 13.0. The molecular formula is C22H18N2O4. The third kappa shape index (κ3) is 3.27. The van der Waals surface area contributed by atoms with E-state index in [1.165, 1.54) is 6.26 Å². The van der Waals surface area contributed by atoms with Gasteiger partial charge in [0.15, 0.2) is 0 Å². The van der Waals surface area contributed by atoms with Crippen LogP contribution in [0.15, 0.2) is 77.5 Å². The normalized spacial score (nSPS) is 10.8. The summed E-state index contributed by atoms with van der Waals surface area (Å²) in [6.45, 7) is 0.152. The fourth-order valence-corrected chi connectivity index (χ4v) is 3.11. The van der Waals surface area contributed by atoms with Gasteiger partial charge in [0.1, 0.15) is 17.2 Å². The summed E-state index contributed by atoms with van der Waals surface area (Å²) in [5.41, 5.74) is 2.66. The average molecular weight is 374 g/mol. The lowest BCUT2D eigenvalue weighted by molar-refractivity contribution is -0.117. The summed E-state index contributed by atoms with van der Waals surface area (Å²) in [6, 6.07) is 18.3. The Balaban J connectivity index is 1.71. The number of hydrogen-bond donors (Lipinski definition) is 1. The number of pyridine rings is 1. The second kappa shape index (κ2) is 7.44. The van der Waals surface area contributed by atoms with E-state index in [2.05, 4.69) is 5.32 Å².